The van der Waals surface area contributed by atoms with E-state index in [2.05, 4.69) is 65.3 Å². The molecule has 136 valence electrons. The van der Waals surface area contributed by atoms with Crippen LogP contribution in [0.4, 0.5) is 5.69 Å². The standard InChI is InChI=1S/C20H22BrN3OS/c1-5-26-18-7-6-14(12(2)3)10-17(18)23-24-11-22-19-15(20(24)25)8-13(4)9-16(19)21/h6-12,23H,5H2,1-4H3. The summed E-state index contributed by atoms with van der Waals surface area (Å²) in [6.07, 6.45) is 1.55. The lowest BCUT2D eigenvalue weighted by Gasteiger charge is -2.16. The molecular weight excluding hydrogens is 410 g/mol. The van der Waals surface area contributed by atoms with Crippen LogP contribution in [0.15, 0.2) is 50.8 Å². The Kier molecular flexibility index (Phi) is 5.73. The second-order valence-electron chi connectivity index (χ2n) is 6.52. The molecule has 4 nitrogen and oxygen atoms in total. The summed E-state index contributed by atoms with van der Waals surface area (Å²) in [4.78, 5) is 18.5. The van der Waals surface area contributed by atoms with Gasteiger partial charge >= 0.3 is 0 Å². The van der Waals surface area contributed by atoms with E-state index >= 15 is 0 Å². The number of aryl methyl sites for hydroxylation is 1. The van der Waals surface area contributed by atoms with E-state index in [0.717, 1.165) is 26.4 Å². The van der Waals surface area contributed by atoms with Crippen LogP contribution in [0.25, 0.3) is 10.9 Å². The van der Waals surface area contributed by atoms with Gasteiger partial charge in [0.1, 0.15) is 6.33 Å². The van der Waals surface area contributed by atoms with Crippen molar-refractivity contribution in [3.05, 3.63) is 62.6 Å². The van der Waals surface area contributed by atoms with Crippen molar-refractivity contribution in [3.8, 4) is 0 Å². The number of rotatable bonds is 5. The second-order valence-corrected chi connectivity index (χ2v) is 8.68. The highest BCUT2D eigenvalue weighted by atomic mass is 79.9. The average Bonchev–Trinajstić information content (AvgIpc) is 2.59. The van der Waals surface area contributed by atoms with E-state index in [4.69, 9.17) is 0 Å². The van der Waals surface area contributed by atoms with Crippen LogP contribution in [-0.2, 0) is 0 Å². The molecule has 2 aromatic carbocycles. The zero-order valence-corrected chi connectivity index (χ0v) is 17.7. The predicted octanol–water partition coefficient (Wildman–Crippen LogP) is 5.58. The zero-order valence-electron chi connectivity index (χ0n) is 15.3. The molecule has 26 heavy (non-hydrogen) atoms. The fourth-order valence-electron chi connectivity index (χ4n) is 2.81. The van der Waals surface area contributed by atoms with E-state index in [1.807, 2.05) is 19.1 Å². The van der Waals surface area contributed by atoms with Gasteiger partial charge in [-0.1, -0.05) is 26.8 Å². The third-order valence-corrected chi connectivity index (χ3v) is 5.73. The van der Waals surface area contributed by atoms with Crippen LogP contribution in [0.2, 0.25) is 0 Å². The maximum atomic E-state index is 13.0. The van der Waals surface area contributed by atoms with Gasteiger partial charge in [0, 0.05) is 9.37 Å². The molecule has 1 aromatic heterocycles. The number of hydrogen-bond donors (Lipinski definition) is 1. The minimum absolute atomic E-state index is 0.109. The maximum Gasteiger partial charge on any atom is 0.280 e. The monoisotopic (exact) mass is 431 g/mol. The molecule has 0 saturated heterocycles. The Morgan fingerprint density at radius 2 is 2.04 bits per heavy atom. The van der Waals surface area contributed by atoms with Crippen LogP contribution < -0.4 is 11.0 Å². The Bertz CT molecular complexity index is 1010. The molecule has 0 radical (unpaired) electrons. The number of halogens is 1. The highest BCUT2D eigenvalue weighted by Gasteiger charge is 2.11. The Morgan fingerprint density at radius 3 is 2.73 bits per heavy atom. The first kappa shape index (κ1) is 19.0. The first-order chi connectivity index (χ1) is 12.4. The maximum absolute atomic E-state index is 13.0. The molecule has 1 heterocycles. The minimum Gasteiger partial charge on any atom is -0.289 e. The van der Waals surface area contributed by atoms with Gasteiger partial charge in [0.05, 0.1) is 16.6 Å². The number of fused-ring (bicyclic) bond motifs is 1. The lowest BCUT2D eigenvalue weighted by Crippen LogP contribution is -2.27. The molecule has 0 unspecified atom stereocenters. The van der Waals surface area contributed by atoms with E-state index < -0.39 is 0 Å². The number of aromatic nitrogens is 2. The molecule has 0 bridgehead atoms. The first-order valence-corrected chi connectivity index (χ1v) is 10.4. The van der Waals surface area contributed by atoms with Gasteiger partial charge in [-0.05, 0) is 69.9 Å². The number of hydrogen-bond acceptors (Lipinski definition) is 4. The van der Waals surface area contributed by atoms with Gasteiger partial charge in [0.15, 0.2) is 0 Å². The molecule has 0 aliphatic carbocycles. The largest absolute Gasteiger partial charge is 0.289 e. The molecule has 0 aliphatic rings. The summed E-state index contributed by atoms with van der Waals surface area (Å²) in [6.45, 7) is 8.41. The summed E-state index contributed by atoms with van der Waals surface area (Å²) in [5.74, 6) is 1.38. The highest BCUT2D eigenvalue weighted by molar-refractivity contribution is 9.10. The van der Waals surface area contributed by atoms with Crippen molar-refractivity contribution in [1.29, 1.82) is 0 Å². The highest BCUT2D eigenvalue weighted by Crippen LogP contribution is 2.30. The normalized spacial score (nSPS) is 11.3. The predicted molar refractivity (Wildman–Crippen MR) is 114 cm³/mol. The molecule has 0 spiro atoms. The van der Waals surface area contributed by atoms with E-state index in [1.54, 1.807) is 18.1 Å². The van der Waals surface area contributed by atoms with E-state index in [1.165, 1.54) is 10.2 Å². The van der Waals surface area contributed by atoms with E-state index in [9.17, 15) is 4.79 Å². The fourth-order valence-corrected chi connectivity index (χ4v) is 4.22. The third kappa shape index (κ3) is 3.81. The van der Waals surface area contributed by atoms with Crippen molar-refractivity contribution in [2.45, 2.75) is 38.5 Å². The van der Waals surface area contributed by atoms with Crippen LogP contribution in [0, 0.1) is 6.92 Å². The quantitative estimate of drug-likeness (QED) is 0.535. The minimum atomic E-state index is -0.109. The average molecular weight is 432 g/mol. The van der Waals surface area contributed by atoms with Gasteiger partial charge in [-0.15, -0.1) is 11.8 Å². The fraction of sp³-hybridized carbons (Fsp3) is 0.300. The first-order valence-electron chi connectivity index (χ1n) is 8.62. The van der Waals surface area contributed by atoms with Gasteiger partial charge in [-0.2, -0.15) is 0 Å². The Hall–Kier alpha value is -1.79. The van der Waals surface area contributed by atoms with Gasteiger partial charge in [-0.3, -0.25) is 10.2 Å². The van der Waals surface area contributed by atoms with Crippen molar-refractivity contribution in [2.24, 2.45) is 0 Å². The molecule has 0 fully saturated rings. The van der Waals surface area contributed by atoms with Crippen molar-refractivity contribution in [1.82, 2.24) is 9.66 Å². The van der Waals surface area contributed by atoms with Gasteiger partial charge < -0.3 is 0 Å². The number of thioether (sulfide) groups is 1. The molecule has 1 N–H and O–H groups in total. The van der Waals surface area contributed by atoms with Crippen LogP contribution in [-0.4, -0.2) is 15.4 Å². The lowest BCUT2D eigenvalue weighted by atomic mass is 10.0. The van der Waals surface area contributed by atoms with Crippen molar-refractivity contribution in [3.63, 3.8) is 0 Å². The summed E-state index contributed by atoms with van der Waals surface area (Å²) in [7, 11) is 0. The lowest BCUT2D eigenvalue weighted by molar-refractivity contribution is 0.851. The summed E-state index contributed by atoms with van der Waals surface area (Å²) in [6, 6.07) is 10.2. The molecule has 0 aliphatic heterocycles. The van der Waals surface area contributed by atoms with Crippen LogP contribution in [0.3, 0.4) is 0 Å². The molecular formula is C20H22BrN3OS. The smallest absolute Gasteiger partial charge is 0.280 e. The SMILES string of the molecule is CCSc1ccc(C(C)C)cc1Nn1cnc2c(Br)cc(C)cc2c1=O. The van der Waals surface area contributed by atoms with Crippen molar-refractivity contribution in [2.75, 3.05) is 11.2 Å². The third-order valence-electron chi connectivity index (χ3n) is 4.17. The van der Waals surface area contributed by atoms with Gasteiger partial charge in [0.2, 0.25) is 0 Å². The van der Waals surface area contributed by atoms with Crippen molar-refractivity contribution >= 4 is 44.3 Å². The van der Waals surface area contributed by atoms with Crippen LogP contribution in [0.5, 0.6) is 0 Å². The topological polar surface area (TPSA) is 46.9 Å². The van der Waals surface area contributed by atoms with Gasteiger partial charge in [-0.25, -0.2) is 9.66 Å². The Labute approximate surface area is 166 Å². The molecule has 0 atom stereocenters. The molecule has 3 aromatic rings. The van der Waals surface area contributed by atoms with Crippen LogP contribution >= 0.6 is 27.7 Å². The molecule has 0 amide bonds. The second kappa shape index (κ2) is 7.84. The van der Waals surface area contributed by atoms with Gasteiger partial charge in [0.25, 0.3) is 5.56 Å². The summed E-state index contributed by atoms with van der Waals surface area (Å²) >= 11 is 5.25. The van der Waals surface area contributed by atoms with E-state index in [0.29, 0.717) is 16.8 Å². The molecule has 3 rings (SSSR count). The zero-order chi connectivity index (χ0) is 18.8. The number of nitrogens with zero attached hydrogens (tertiary/aromatic N) is 2. The number of anilines is 1. The van der Waals surface area contributed by atoms with Crippen LogP contribution in [0.1, 0.15) is 37.8 Å². The summed E-state index contributed by atoms with van der Waals surface area (Å²) in [5, 5.41) is 0.594. The molecule has 0 saturated carbocycles. The molecule has 6 heteroatoms. The van der Waals surface area contributed by atoms with E-state index in [-0.39, 0.29) is 5.56 Å². The Morgan fingerprint density at radius 1 is 1.27 bits per heavy atom. The number of benzene rings is 2. The summed E-state index contributed by atoms with van der Waals surface area (Å²) < 4.78 is 2.30. The Balaban J connectivity index is 2.10. The summed E-state index contributed by atoms with van der Waals surface area (Å²) in [5.41, 5.74) is 7.00. The van der Waals surface area contributed by atoms with Crippen molar-refractivity contribution < 1.29 is 0 Å². The number of nitrogens with one attached hydrogen (secondary N) is 1.